The number of amides is 2. The van der Waals surface area contributed by atoms with Crippen molar-refractivity contribution in [2.24, 2.45) is 4.99 Å². The van der Waals surface area contributed by atoms with Gasteiger partial charge in [-0.2, -0.15) is 0 Å². The number of rotatable bonds is 6. The van der Waals surface area contributed by atoms with Gasteiger partial charge in [0.15, 0.2) is 11.0 Å². The van der Waals surface area contributed by atoms with Crippen LogP contribution in [0.1, 0.15) is 22.8 Å². The normalized spacial score (nSPS) is 16.6. The number of benzene rings is 3. The van der Waals surface area contributed by atoms with Crippen LogP contribution in [0.5, 0.6) is 0 Å². The van der Waals surface area contributed by atoms with Gasteiger partial charge in [-0.25, -0.2) is 9.38 Å². The van der Waals surface area contributed by atoms with E-state index in [-0.39, 0.29) is 34.6 Å². The minimum absolute atomic E-state index is 0.0312. The molecular formula is C30H27FN4O3S. The molecule has 39 heavy (non-hydrogen) atoms. The van der Waals surface area contributed by atoms with Gasteiger partial charge in [0.05, 0.1) is 11.4 Å². The van der Waals surface area contributed by atoms with Crippen LogP contribution in [0.25, 0.3) is 6.08 Å². The number of nitrogens with zero attached hydrogens (tertiary/aromatic N) is 4. The number of amidine groups is 1. The van der Waals surface area contributed by atoms with Crippen molar-refractivity contribution < 1.29 is 18.8 Å². The molecule has 1 saturated heterocycles. The lowest BCUT2D eigenvalue weighted by Crippen LogP contribution is -2.49. The summed E-state index contributed by atoms with van der Waals surface area (Å²) in [5.41, 5.74) is 2.71. The highest BCUT2D eigenvalue weighted by Crippen LogP contribution is 2.30. The fourth-order valence-electron chi connectivity index (χ4n) is 4.48. The van der Waals surface area contributed by atoms with Crippen molar-refractivity contribution in [3.8, 4) is 0 Å². The lowest BCUT2D eigenvalue weighted by atomic mass is 10.1. The first kappa shape index (κ1) is 26.4. The van der Waals surface area contributed by atoms with E-state index in [1.54, 1.807) is 37.3 Å². The smallest absolute Gasteiger partial charge is 0.283 e. The number of piperazine rings is 1. The van der Waals surface area contributed by atoms with Crippen LogP contribution in [0.4, 0.5) is 15.8 Å². The Balaban J connectivity index is 1.25. The lowest BCUT2D eigenvalue weighted by Gasteiger charge is -2.36. The van der Waals surface area contributed by atoms with Crippen molar-refractivity contribution in [3.05, 3.63) is 102 Å². The van der Waals surface area contributed by atoms with E-state index in [4.69, 9.17) is 0 Å². The summed E-state index contributed by atoms with van der Waals surface area (Å²) in [6.45, 7) is 4.05. The van der Waals surface area contributed by atoms with Gasteiger partial charge in [0.2, 0.25) is 5.91 Å². The predicted octanol–water partition coefficient (Wildman–Crippen LogP) is 4.85. The number of anilines is 2. The maximum atomic E-state index is 14.2. The van der Waals surface area contributed by atoms with Crippen LogP contribution in [-0.2, 0) is 9.59 Å². The SMILES string of the molecule is CC(=O)c1ccc(N2CCN(C(=O)CSC3=N/C(=C/c4ccccc4F)C(=O)N3c3ccccc3)CC2)cc1. The molecular weight excluding hydrogens is 515 g/mol. The lowest BCUT2D eigenvalue weighted by molar-refractivity contribution is -0.128. The highest BCUT2D eigenvalue weighted by molar-refractivity contribution is 8.14. The van der Waals surface area contributed by atoms with E-state index in [9.17, 15) is 18.8 Å². The first-order chi connectivity index (χ1) is 18.9. The number of carbonyl (C=O) groups is 3. The molecule has 0 N–H and O–H groups in total. The van der Waals surface area contributed by atoms with Gasteiger partial charge in [0, 0.05) is 43.0 Å². The zero-order chi connectivity index (χ0) is 27.4. The van der Waals surface area contributed by atoms with Gasteiger partial charge in [0.1, 0.15) is 11.5 Å². The summed E-state index contributed by atoms with van der Waals surface area (Å²) < 4.78 is 14.2. The third-order valence-electron chi connectivity index (χ3n) is 6.64. The number of hydrogen-bond donors (Lipinski definition) is 0. The number of hydrogen-bond acceptors (Lipinski definition) is 6. The standard InChI is InChI=1S/C30H27FN4O3S/c1-21(36)22-11-13-24(14-12-22)33-15-17-34(18-16-33)28(37)20-39-30-32-27(19-23-7-5-6-10-26(23)31)29(38)35(30)25-8-3-2-4-9-25/h2-14,19H,15-18,20H2,1H3/b27-19+. The molecule has 0 radical (unpaired) electrons. The van der Waals surface area contributed by atoms with Crippen molar-refractivity contribution in [1.29, 1.82) is 0 Å². The van der Waals surface area contributed by atoms with Gasteiger partial charge < -0.3 is 9.80 Å². The third-order valence-corrected chi connectivity index (χ3v) is 7.56. The third kappa shape index (κ3) is 5.93. The first-order valence-electron chi connectivity index (χ1n) is 12.6. The van der Waals surface area contributed by atoms with Crippen LogP contribution in [0, 0.1) is 5.82 Å². The molecule has 0 unspecified atom stereocenters. The Kier molecular flexibility index (Phi) is 7.88. The Morgan fingerprint density at radius 3 is 2.23 bits per heavy atom. The second-order valence-electron chi connectivity index (χ2n) is 9.18. The summed E-state index contributed by atoms with van der Waals surface area (Å²) in [5.74, 6) is -0.700. The van der Waals surface area contributed by atoms with E-state index >= 15 is 0 Å². The van der Waals surface area contributed by atoms with Crippen molar-refractivity contribution in [2.45, 2.75) is 6.92 Å². The van der Waals surface area contributed by atoms with E-state index < -0.39 is 5.82 Å². The van der Waals surface area contributed by atoms with E-state index in [0.29, 0.717) is 42.6 Å². The summed E-state index contributed by atoms with van der Waals surface area (Å²) in [7, 11) is 0. The zero-order valence-corrected chi connectivity index (χ0v) is 22.2. The molecule has 2 amide bonds. The molecule has 0 saturated carbocycles. The van der Waals surface area contributed by atoms with Gasteiger partial charge in [-0.05, 0) is 55.5 Å². The number of ketones is 1. The summed E-state index contributed by atoms with van der Waals surface area (Å²) >= 11 is 1.20. The maximum Gasteiger partial charge on any atom is 0.283 e. The van der Waals surface area contributed by atoms with Crippen LogP contribution in [-0.4, -0.2) is 59.6 Å². The Morgan fingerprint density at radius 2 is 1.56 bits per heavy atom. The molecule has 9 heteroatoms. The highest BCUT2D eigenvalue weighted by atomic mass is 32.2. The fourth-order valence-corrected chi connectivity index (χ4v) is 5.39. The Hall–Kier alpha value is -4.24. The number of para-hydroxylation sites is 1. The monoisotopic (exact) mass is 542 g/mol. The highest BCUT2D eigenvalue weighted by Gasteiger charge is 2.33. The Bertz CT molecular complexity index is 1450. The van der Waals surface area contributed by atoms with Crippen molar-refractivity contribution >= 4 is 52.0 Å². The van der Waals surface area contributed by atoms with E-state index in [0.717, 1.165) is 5.69 Å². The number of halogens is 1. The molecule has 2 heterocycles. The summed E-state index contributed by atoms with van der Waals surface area (Å²) in [4.78, 5) is 47.9. The molecule has 1 fully saturated rings. The second-order valence-corrected chi connectivity index (χ2v) is 10.1. The van der Waals surface area contributed by atoms with Crippen LogP contribution in [0.15, 0.2) is 89.6 Å². The molecule has 5 rings (SSSR count). The molecule has 0 spiro atoms. The number of thioether (sulfide) groups is 1. The molecule has 0 atom stereocenters. The number of Topliss-reactive ketones (excluding diaryl/α,β-unsaturated/α-hetero) is 1. The molecule has 2 aliphatic heterocycles. The van der Waals surface area contributed by atoms with Crippen molar-refractivity contribution in [1.82, 2.24) is 4.90 Å². The molecule has 198 valence electrons. The quantitative estimate of drug-likeness (QED) is 0.329. The molecule has 2 aliphatic rings. The van der Waals surface area contributed by atoms with Crippen LogP contribution in [0.2, 0.25) is 0 Å². The van der Waals surface area contributed by atoms with Crippen molar-refractivity contribution in [3.63, 3.8) is 0 Å². The van der Waals surface area contributed by atoms with Gasteiger partial charge in [-0.15, -0.1) is 0 Å². The molecule has 3 aromatic rings. The molecule has 0 bridgehead atoms. The predicted molar refractivity (Wildman–Crippen MR) is 153 cm³/mol. The number of carbonyl (C=O) groups excluding carboxylic acids is 3. The van der Waals surface area contributed by atoms with Gasteiger partial charge in [0.25, 0.3) is 5.91 Å². The van der Waals surface area contributed by atoms with Crippen LogP contribution >= 0.6 is 11.8 Å². The number of aliphatic imine (C=N–C) groups is 1. The molecule has 7 nitrogen and oxygen atoms in total. The zero-order valence-electron chi connectivity index (χ0n) is 21.4. The molecule has 0 aromatic heterocycles. The average Bonchev–Trinajstić information content (AvgIpc) is 3.28. The average molecular weight is 543 g/mol. The van der Waals surface area contributed by atoms with E-state index in [1.165, 1.54) is 28.8 Å². The molecule has 0 aliphatic carbocycles. The minimum Gasteiger partial charge on any atom is -0.368 e. The van der Waals surface area contributed by atoms with Crippen LogP contribution in [0.3, 0.4) is 0 Å². The Morgan fingerprint density at radius 1 is 0.897 bits per heavy atom. The summed E-state index contributed by atoms with van der Waals surface area (Å²) in [6.07, 6.45) is 1.44. The van der Waals surface area contributed by atoms with Gasteiger partial charge in [-0.3, -0.25) is 19.3 Å². The largest absolute Gasteiger partial charge is 0.368 e. The minimum atomic E-state index is -0.440. The Labute approximate surface area is 230 Å². The van der Waals surface area contributed by atoms with Gasteiger partial charge >= 0.3 is 0 Å². The topological polar surface area (TPSA) is 73.3 Å². The first-order valence-corrected chi connectivity index (χ1v) is 13.6. The summed E-state index contributed by atoms with van der Waals surface area (Å²) in [5, 5.41) is 0.381. The van der Waals surface area contributed by atoms with Crippen LogP contribution < -0.4 is 9.80 Å². The van der Waals surface area contributed by atoms with E-state index in [1.807, 2.05) is 47.4 Å². The molecule has 3 aromatic carbocycles. The summed E-state index contributed by atoms with van der Waals surface area (Å²) in [6, 6.07) is 22.8. The van der Waals surface area contributed by atoms with Gasteiger partial charge in [-0.1, -0.05) is 48.2 Å². The maximum absolute atomic E-state index is 14.2. The fraction of sp³-hybridized carbons (Fsp3) is 0.200. The van der Waals surface area contributed by atoms with E-state index in [2.05, 4.69) is 9.89 Å². The van der Waals surface area contributed by atoms with Crippen molar-refractivity contribution in [2.75, 3.05) is 41.7 Å². The second kappa shape index (κ2) is 11.7.